The maximum Gasteiger partial charge on any atom is 0.416 e. The fourth-order valence-corrected chi connectivity index (χ4v) is 2.30. The summed E-state index contributed by atoms with van der Waals surface area (Å²) in [5.41, 5.74) is -0.474. The van der Waals surface area contributed by atoms with E-state index in [2.05, 4.69) is 5.32 Å². The van der Waals surface area contributed by atoms with Crippen LogP contribution in [0, 0.1) is 0 Å². The van der Waals surface area contributed by atoms with E-state index < -0.39 is 36.3 Å². The zero-order valence-corrected chi connectivity index (χ0v) is 13.5. The molecule has 8 heteroatoms. The van der Waals surface area contributed by atoms with Crippen molar-refractivity contribution in [1.82, 2.24) is 5.32 Å². The summed E-state index contributed by atoms with van der Waals surface area (Å²) < 4.78 is 43.9. The third-order valence-electron chi connectivity index (χ3n) is 3.55. The zero-order valence-electron chi connectivity index (χ0n) is 13.5. The number of alkyl halides is 3. The number of carbonyl (C=O) groups excluding carboxylic acids is 1. The van der Waals surface area contributed by atoms with Gasteiger partial charge in [0.1, 0.15) is 12.6 Å². The summed E-state index contributed by atoms with van der Waals surface area (Å²) in [5, 5.41) is 11.3. The van der Waals surface area contributed by atoms with Gasteiger partial charge in [0.25, 0.3) is 0 Å². The van der Waals surface area contributed by atoms with Gasteiger partial charge in [0.05, 0.1) is 5.56 Å². The average Bonchev–Trinajstić information content (AvgIpc) is 2.60. The monoisotopic (exact) mass is 367 g/mol. The van der Waals surface area contributed by atoms with E-state index in [4.69, 9.17) is 4.74 Å². The van der Waals surface area contributed by atoms with Crippen molar-refractivity contribution in [2.24, 2.45) is 0 Å². The second kappa shape index (κ2) is 8.37. The summed E-state index contributed by atoms with van der Waals surface area (Å²) in [6.07, 6.45) is -6.16. The van der Waals surface area contributed by atoms with Gasteiger partial charge in [-0.15, -0.1) is 0 Å². The van der Waals surface area contributed by atoms with Gasteiger partial charge in [0.2, 0.25) is 0 Å². The topological polar surface area (TPSA) is 75.6 Å². The van der Waals surface area contributed by atoms with Crippen LogP contribution in [0.25, 0.3) is 0 Å². The fourth-order valence-electron chi connectivity index (χ4n) is 2.30. The lowest BCUT2D eigenvalue weighted by Crippen LogP contribution is -2.42. The molecule has 0 fully saturated rings. The molecule has 2 aromatic rings. The quantitative estimate of drug-likeness (QED) is 0.818. The number of aliphatic carboxylic acids is 1. The summed E-state index contributed by atoms with van der Waals surface area (Å²) in [6, 6.07) is 11.8. The first-order valence-electron chi connectivity index (χ1n) is 7.62. The molecule has 1 amide bonds. The van der Waals surface area contributed by atoms with Gasteiger partial charge < -0.3 is 15.2 Å². The Morgan fingerprint density at radius 1 is 1.04 bits per heavy atom. The molecule has 0 heterocycles. The molecule has 138 valence electrons. The van der Waals surface area contributed by atoms with Gasteiger partial charge in [-0.25, -0.2) is 9.59 Å². The molecule has 0 unspecified atom stereocenters. The van der Waals surface area contributed by atoms with E-state index in [0.29, 0.717) is 5.56 Å². The normalized spacial score (nSPS) is 12.3. The third kappa shape index (κ3) is 5.51. The van der Waals surface area contributed by atoms with Gasteiger partial charge in [-0.05, 0) is 17.2 Å². The number of carboxylic acid groups (broad SMARTS) is 1. The SMILES string of the molecule is O=C(N[C@H](Cc1ccccc1C(F)(F)F)C(=O)O)OCc1ccccc1. The van der Waals surface area contributed by atoms with E-state index in [1.165, 1.54) is 18.2 Å². The van der Waals surface area contributed by atoms with Crippen LogP contribution in [0.5, 0.6) is 0 Å². The first-order chi connectivity index (χ1) is 12.3. The molecule has 0 radical (unpaired) electrons. The van der Waals surface area contributed by atoms with E-state index in [1.54, 1.807) is 30.3 Å². The summed E-state index contributed by atoms with van der Waals surface area (Å²) >= 11 is 0. The van der Waals surface area contributed by atoms with E-state index >= 15 is 0 Å². The van der Waals surface area contributed by atoms with E-state index in [1.807, 2.05) is 0 Å². The highest BCUT2D eigenvalue weighted by atomic mass is 19.4. The Morgan fingerprint density at radius 3 is 2.27 bits per heavy atom. The van der Waals surface area contributed by atoms with Crippen molar-refractivity contribution in [3.8, 4) is 0 Å². The minimum atomic E-state index is -4.62. The zero-order chi connectivity index (χ0) is 19.2. The first kappa shape index (κ1) is 19.3. The minimum absolute atomic E-state index is 0.0852. The lowest BCUT2D eigenvalue weighted by atomic mass is 10.00. The molecule has 0 bridgehead atoms. The Balaban J connectivity index is 2.03. The summed E-state index contributed by atoms with van der Waals surface area (Å²) in [7, 11) is 0. The first-order valence-corrected chi connectivity index (χ1v) is 7.62. The molecule has 2 rings (SSSR count). The third-order valence-corrected chi connectivity index (χ3v) is 3.55. The van der Waals surface area contributed by atoms with Gasteiger partial charge >= 0.3 is 18.2 Å². The molecule has 0 aliphatic rings. The van der Waals surface area contributed by atoms with Crippen LogP contribution in [-0.4, -0.2) is 23.2 Å². The number of benzene rings is 2. The molecule has 2 N–H and O–H groups in total. The molecule has 1 atom stereocenters. The molecule has 0 aliphatic carbocycles. The number of hydrogen-bond donors (Lipinski definition) is 2. The van der Waals surface area contributed by atoms with Crippen molar-refractivity contribution in [3.05, 3.63) is 71.3 Å². The number of hydrogen-bond acceptors (Lipinski definition) is 3. The summed E-state index contributed by atoms with van der Waals surface area (Å²) in [4.78, 5) is 23.1. The van der Waals surface area contributed by atoms with Crippen LogP contribution in [0.4, 0.5) is 18.0 Å². The summed E-state index contributed by atoms with van der Waals surface area (Å²) in [6.45, 7) is -0.0852. The minimum Gasteiger partial charge on any atom is -0.480 e. The van der Waals surface area contributed by atoms with Crippen LogP contribution in [0.1, 0.15) is 16.7 Å². The van der Waals surface area contributed by atoms with Crippen molar-refractivity contribution >= 4 is 12.1 Å². The second-order valence-corrected chi connectivity index (χ2v) is 5.46. The summed E-state index contributed by atoms with van der Waals surface area (Å²) in [5.74, 6) is -1.46. The maximum absolute atomic E-state index is 13.0. The van der Waals surface area contributed by atoms with Gasteiger partial charge in [0.15, 0.2) is 0 Å². The Morgan fingerprint density at radius 2 is 1.65 bits per heavy atom. The highest BCUT2D eigenvalue weighted by Crippen LogP contribution is 2.32. The molecule has 0 aliphatic heterocycles. The number of alkyl carbamates (subject to hydrolysis) is 1. The molecule has 0 saturated heterocycles. The number of amides is 1. The Labute approximate surface area is 147 Å². The van der Waals surface area contributed by atoms with E-state index in [9.17, 15) is 27.9 Å². The number of carboxylic acids is 1. The Hall–Kier alpha value is -3.03. The molecule has 0 saturated carbocycles. The van der Waals surface area contributed by atoms with Gasteiger partial charge in [0, 0.05) is 6.42 Å². The highest BCUT2D eigenvalue weighted by molar-refractivity contribution is 5.80. The van der Waals surface area contributed by atoms with E-state index in [-0.39, 0.29) is 12.2 Å². The predicted octanol–water partition coefficient (Wildman–Crippen LogP) is 3.63. The second-order valence-electron chi connectivity index (χ2n) is 5.46. The van der Waals surface area contributed by atoms with Crippen LogP contribution >= 0.6 is 0 Å². The lowest BCUT2D eigenvalue weighted by molar-refractivity contribution is -0.141. The number of carbonyl (C=O) groups is 2. The van der Waals surface area contributed by atoms with Gasteiger partial charge in [-0.1, -0.05) is 48.5 Å². The van der Waals surface area contributed by atoms with Crippen LogP contribution in [0.15, 0.2) is 54.6 Å². The molecule has 2 aromatic carbocycles. The van der Waals surface area contributed by atoms with Crippen molar-refractivity contribution in [1.29, 1.82) is 0 Å². The van der Waals surface area contributed by atoms with E-state index in [0.717, 1.165) is 6.07 Å². The number of nitrogens with one attached hydrogen (secondary N) is 1. The largest absolute Gasteiger partial charge is 0.480 e. The van der Waals surface area contributed by atoms with Gasteiger partial charge in [-0.3, -0.25) is 0 Å². The average molecular weight is 367 g/mol. The van der Waals surface area contributed by atoms with Gasteiger partial charge in [-0.2, -0.15) is 13.2 Å². The van der Waals surface area contributed by atoms with Crippen molar-refractivity contribution in [2.75, 3.05) is 0 Å². The Kier molecular flexibility index (Phi) is 6.21. The Bertz CT molecular complexity index is 763. The predicted molar refractivity (Wildman–Crippen MR) is 86.3 cm³/mol. The van der Waals surface area contributed by atoms with Crippen LogP contribution < -0.4 is 5.32 Å². The molecular formula is C18H16F3NO4. The molecular weight excluding hydrogens is 351 g/mol. The van der Waals surface area contributed by atoms with Crippen molar-refractivity contribution < 1.29 is 32.6 Å². The smallest absolute Gasteiger partial charge is 0.416 e. The van der Waals surface area contributed by atoms with Crippen LogP contribution in [0.3, 0.4) is 0 Å². The number of rotatable bonds is 6. The standard InChI is InChI=1S/C18H16F3NO4/c19-18(20,21)14-9-5-4-8-13(14)10-15(16(23)24)22-17(25)26-11-12-6-2-1-3-7-12/h1-9,15H,10-11H2,(H,22,25)(H,23,24)/t15-/m1/s1. The molecule has 0 aromatic heterocycles. The van der Waals surface area contributed by atoms with Crippen molar-refractivity contribution in [3.63, 3.8) is 0 Å². The number of halogens is 3. The van der Waals surface area contributed by atoms with Crippen LogP contribution in [-0.2, 0) is 28.7 Å². The molecule has 5 nitrogen and oxygen atoms in total. The fraction of sp³-hybridized carbons (Fsp3) is 0.222. The maximum atomic E-state index is 13.0. The molecule has 26 heavy (non-hydrogen) atoms. The highest BCUT2D eigenvalue weighted by Gasteiger charge is 2.34. The van der Waals surface area contributed by atoms with Crippen molar-refractivity contribution in [2.45, 2.75) is 25.2 Å². The van der Waals surface area contributed by atoms with Crippen LogP contribution in [0.2, 0.25) is 0 Å². The molecule has 0 spiro atoms. The lowest BCUT2D eigenvalue weighted by Gasteiger charge is -2.18. The number of ether oxygens (including phenoxy) is 1.